The van der Waals surface area contributed by atoms with Gasteiger partial charge in [-0.1, -0.05) is 46.4 Å². The second-order valence-electron chi connectivity index (χ2n) is 9.31. The highest BCUT2D eigenvalue weighted by Crippen LogP contribution is 2.42. The molecule has 0 saturated carbocycles. The van der Waals surface area contributed by atoms with Gasteiger partial charge in [-0.05, 0) is 96.9 Å². The topological polar surface area (TPSA) is 45.2 Å². The van der Waals surface area contributed by atoms with Crippen LogP contribution in [0.25, 0.3) is 5.57 Å². The molecule has 1 N–H and O–H groups in total. The molecule has 7 heteroatoms. The summed E-state index contributed by atoms with van der Waals surface area (Å²) in [6.07, 6.45) is 8.23. The van der Waals surface area contributed by atoms with Crippen LogP contribution in [0.5, 0.6) is 0 Å². The molecule has 0 bridgehead atoms. The van der Waals surface area contributed by atoms with Crippen molar-refractivity contribution in [2.45, 2.75) is 51.9 Å². The van der Waals surface area contributed by atoms with Gasteiger partial charge in [0.25, 0.3) is 0 Å². The number of likely N-dealkylation sites (tertiary alicyclic amines) is 1. The summed E-state index contributed by atoms with van der Waals surface area (Å²) in [5.74, 6) is 0.743. The van der Waals surface area contributed by atoms with Crippen molar-refractivity contribution in [3.63, 3.8) is 0 Å². The molecule has 182 valence electrons. The molecule has 4 rings (SSSR count). The Morgan fingerprint density at radius 2 is 1.88 bits per heavy atom. The summed E-state index contributed by atoms with van der Waals surface area (Å²) >= 11 is 13.8. The fraction of sp³-hybridized carbons (Fsp3) is 0.481. The van der Waals surface area contributed by atoms with Crippen molar-refractivity contribution in [1.82, 2.24) is 15.2 Å². The number of amides is 1. The third-order valence-corrected chi connectivity index (χ3v) is 8.41. The molecule has 2 heterocycles. The summed E-state index contributed by atoms with van der Waals surface area (Å²) in [6, 6.07) is 6.27. The Morgan fingerprint density at radius 3 is 2.59 bits per heavy atom. The number of carbonyl (C=O) groups excluding carboxylic acids is 1. The van der Waals surface area contributed by atoms with Gasteiger partial charge in [0.2, 0.25) is 5.91 Å². The van der Waals surface area contributed by atoms with Crippen LogP contribution in [0.2, 0.25) is 5.02 Å². The van der Waals surface area contributed by atoms with Crippen LogP contribution in [0, 0.1) is 5.92 Å². The standard InChI is InChI=1S/C27H32Br2ClN3O/c1-3-17(6-9-31-2)12-24(34)33-10-7-18(8-11-33)26-25-19(14-22(30)15-23(25)29)4-5-20-13-21(28)16-32-27(20)26/h13-17,31H,3-12H2,1-2H3. The molecule has 1 aromatic heterocycles. The van der Waals surface area contributed by atoms with Gasteiger partial charge in [0.15, 0.2) is 0 Å². The zero-order valence-electron chi connectivity index (χ0n) is 19.9. The van der Waals surface area contributed by atoms with E-state index in [9.17, 15) is 4.79 Å². The number of piperidine rings is 1. The lowest BCUT2D eigenvalue weighted by Crippen LogP contribution is -2.37. The Morgan fingerprint density at radius 1 is 1.15 bits per heavy atom. The van der Waals surface area contributed by atoms with Gasteiger partial charge in [0.1, 0.15) is 0 Å². The van der Waals surface area contributed by atoms with E-state index in [0.29, 0.717) is 18.2 Å². The van der Waals surface area contributed by atoms with Crippen LogP contribution in [0.15, 0.2) is 38.9 Å². The average Bonchev–Trinajstić information content (AvgIpc) is 2.98. The molecular weight excluding hydrogens is 578 g/mol. The summed E-state index contributed by atoms with van der Waals surface area (Å²) in [5, 5.41) is 3.96. The first kappa shape index (κ1) is 25.9. The maximum absolute atomic E-state index is 13.0. The van der Waals surface area contributed by atoms with Crippen molar-refractivity contribution in [1.29, 1.82) is 0 Å². The first-order valence-corrected chi connectivity index (χ1v) is 14.1. The molecule has 2 aliphatic rings. The van der Waals surface area contributed by atoms with E-state index in [1.165, 1.54) is 27.8 Å². The molecule has 0 radical (unpaired) electrons. The van der Waals surface area contributed by atoms with Crippen molar-refractivity contribution in [3.8, 4) is 0 Å². The van der Waals surface area contributed by atoms with Crippen molar-refractivity contribution < 1.29 is 4.79 Å². The maximum atomic E-state index is 13.0. The largest absolute Gasteiger partial charge is 0.342 e. The molecule has 1 aromatic carbocycles. The van der Waals surface area contributed by atoms with Crippen molar-refractivity contribution in [2.75, 3.05) is 26.7 Å². The van der Waals surface area contributed by atoms with Crippen molar-refractivity contribution in [3.05, 3.63) is 66.3 Å². The van der Waals surface area contributed by atoms with Crippen LogP contribution in [0.4, 0.5) is 0 Å². The van der Waals surface area contributed by atoms with Gasteiger partial charge in [-0.2, -0.15) is 0 Å². The predicted octanol–water partition coefficient (Wildman–Crippen LogP) is 6.81. The average molecular weight is 610 g/mol. The molecule has 1 aliphatic heterocycles. The van der Waals surface area contributed by atoms with E-state index in [-0.39, 0.29) is 0 Å². The Balaban J connectivity index is 1.63. The van der Waals surface area contributed by atoms with Crippen LogP contribution >= 0.6 is 43.5 Å². The third-order valence-electron chi connectivity index (χ3n) is 7.14. The van der Waals surface area contributed by atoms with E-state index in [4.69, 9.17) is 16.6 Å². The Labute approximate surface area is 224 Å². The minimum Gasteiger partial charge on any atom is -0.342 e. The Kier molecular flexibility index (Phi) is 8.89. The summed E-state index contributed by atoms with van der Waals surface area (Å²) in [7, 11) is 1.97. The number of nitrogens with one attached hydrogen (secondary N) is 1. The highest BCUT2D eigenvalue weighted by Gasteiger charge is 2.28. The second kappa shape index (κ2) is 11.7. The first-order chi connectivity index (χ1) is 16.4. The highest BCUT2D eigenvalue weighted by molar-refractivity contribution is 9.10. The lowest BCUT2D eigenvalue weighted by Gasteiger charge is -2.31. The minimum atomic E-state index is 0.295. The number of fused-ring (bicyclic) bond motifs is 2. The monoisotopic (exact) mass is 607 g/mol. The molecule has 34 heavy (non-hydrogen) atoms. The van der Waals surface area contributed by atoms with Gasteiger partial charge in [0.05, 0.1) is 5.69 Å². The molecule has 0 spiro atoms. The molecule has 1 atom stereocenters. The van der Waals surface area contributed by atoms with Gasteiger partial charge < -0.3 is 10.2 Å². The lowest BCUT2D eigenvalue weighted by atomic mass is 9.88. The smallest absolute Gasteiger partial charge is 0.222 e. The number of benzene rings is 1. The quantitative estimate of drug-likeness (QED) is 0.392. The zero-order valence-corrected chi connectivity index (χ0v) is 23.8. The number of hydrogen-bond donors (Lipinski definition) is 1. The van der Waals surface area contributed by atoms with E-state index < -0.39 is 0 Å². The molecule has 1 amide bonds. The van der Waals surface area contributed by atoms with Crippen LogP contribution in [-0.2, 0) is 17.6 Å². The third kappa shape index (κ3) is 5.77. The number of pyridine rings is 1. The van der Waals surface area contributed by atoms with Gasteiger partial charge >= 0.3 is 0 Å². The van der Waals surface area contributed by atoms with Crippen molar-refractivity contribution >= 4 is 54.9 Å². The van der Waals surface area contributed by atoms with Gasteiger partial charge in [-0.25, -0.2) is 0 Å². The second-order valence-corrected chi connectivity index (χ2v) is 11.5. The number of rotatable bonds is 6. The molecular formula is C27H32Br2ClN3O. The van der Waals surface area contributed by atoms with Gasteiger partial charge in [0, 0.05) is 50.8 Å². The van der Waals surface area contributed by atoms with E-state index in [0.717, 1.165) is 77.8 Å². The number of aryl methyl sites for hydroxylation is 2. The Hall–Kier alpha value is -1.21. The summed E-state index contributed by atoms with van der Waals surface area (Å²) in [4.78, 5) is 20.0. The minimum absolute atomic E-state index is 0.295. The molecule has 1 fully saturated rings. The van der Waals surface area contributed by atoms with Crippen LogP contribution in [0.1, 0.15) is 61.4 Å². The first-order valence-electron chi connectivity index (χ1n) is 12.2. The van der Waals surface area contributed by atoms with Crippen LogP contribution in [0.3, 0.4) is 0 Å². The van der Waals surface area contributed by atoms with E-state index in [1.54, 1.807) is 0 Å². The summed E-state index contributed by atoms with van der Waals surface area (Å²) in [6.45, 7) is 4.69. The van der Waals surface area contributed by atoms with Gasteiger partial charge in [-0.15, -0.1) is 0 Å². The normalized spacial score (nSPS) is 16.7. The summed E-state index contributed by atoms with van der Waals surface area (Å²) < 4.78 is 2.02. The number of nitrogens with zero attached hydrogens (tertiary/aromatic N) is 2. The van der Waals surface area contributed by atoms with E-state index in [2.05, 4.69) is 61.1 Å². The van der Waals surface area contributed by atoms with E-state index in [1.807, 2.05) is 19.3 Å². The maximum Gasteiger partial charge on any atom is 0.222 e. The fourth-order valence-electron chi connectivity index (χ4n) is 5.18. The number of carbonyl (C=O) groups is 1. The highest BCUT2D eigenvalue weighted by atomic mass is 79.9. The molecule has 1 unspecified atom stereocenters. The number of halogens is 3. The molecule has 1 aliphatic carbocycles. The molecule has 4 nitrogen and oxygen atoms in total. The van der Waals surface area contributed by atoms with Crippen LogP contribution < -0.4 is 5.32 Å². The van der Waals surface area contributed by atoms with Gasteiger partial charge in [-0.3, -0.25) is 9.78 Å². The zero-order chi connectivity index (χ0) is 24.2. The molecule has 2 aromatic rings. The number of hydrogen-bond acceptors (Lipinski definition) is 3. The summed E-state index contributed by atoms with van der Waals surface area (Å²) in [5.41, 5.74) is 7.40. The number of aromatic nitrogens is 1. The fourth-order valence-corrected chi connectivity index (χ4v) is 6.63. The molecule has 1 saturated heterocycles. The van der Waals surface area contributed by atoms with Crippen LogP contribution in [-0.4, -0.2) is 42.5 Å². The van der Waals surface area contributed by atoms with E-state index >= 15 is 0 Å². The predicted molar refractivity (Wildman–Crippen MR) is 147 cm³/mol. The SMILES string of the molecule is CCC(CCNC)CC(=O)N1CCC(=C2c3ncc(Br)cc3CCc3cc(Cl)cc(Br)c32)CC1. The lowest BCUT2D eigenvalue weighted by molar-refractivity contribution is -0.132. The Bertz CT molecular complexity index is 1090. The van der Waals surface area contributed by atoms with Crippen molar-refractivity contribution in [2.24, 2.45) is 5.92 Å².